The summed E-state index contributed by atoms with van der Waals surface area (Å²) < 4.78 is 19.8. The maximum Gasteiger partial charge on any atom is 0.255 e. The Balaban J connectivity index is 1.53. The summed E-state index contributed by atoms with van der Waals surface area (Å²) in [6, 6.07) is 6.40. The van der Waals surface area contributed by atoms with Gasteiger partial charge in [-0.15, -0.1) is 0 Å². The quantitative estimate of drug-likeness (QED) is 0.303. The van der Waals surface area contributed by atoms with Crippen LogP contribution >= 0.6 is 0 Å². The molecule has 212 valence electrons. The Morgan fingerprint density at radius 1 is 1.34 bits per heavy atom. The molecule has 3 aromatic rings. The van der Waals surface area contributed by atoms with E-state index in [1.807, 2.05) is 38.1 Å². The number of halogens is 1. The number of para-hydroxylation sites is 1. The van der Waals surface area contributed by atoms with Gasteiger partial charge in [0.1, 0.15) is 5.54 Å². The highest BCUT2D eigenvalue weighted by Crippen LogP contribution is 2.40. The van der Waals surface area contributed by atoms with E-state index in [2.05, 4.69) is 32.4 Å². The summed E-state index contributed by atoms with van der Waals surface area (Å²) in [6.45, 7) is 3.77. The third-order valence-corrected chi connectivity index (χ3v) is 7.37. The third-order valence-electron chi connectivity index (χ3n) is 7.37. The van der Waals surface area contributed by atoms with Crippen molar-refractivity contribution in [2.75, 3.05) is 46.2 Å². The molecule has 0 bridgehead atoms. The predicted molar refractivity (Wildman–Crippen MR) is 156 cm³/mol. The van der Waals surface area contributed by atoms with Crippen LogP contribution in [0.2, 0.25) is 0 Å². The Kier molecular flexibility index (Phi) is 7.81. The minimum Gasteiger partial charge on any atom is -0.492 e. The van der Waals surface area contributed by atoms with Crippen LogP contribution in [0.1, 0.15) is 35.0 Å². The molecule has 0 aliphatic carbocycles. The number of amides is 2. The van der Waals surface area contributed by atoms with E-state index in [1.54, 1.807) is 35.5 Å². The number of carbonyl (C=O) groups excluding carboxylic acids is 2. The number of likely N-dealkylation sites (N-methyl/N-ethyl adjacent to an activating group) is 1. The van der Waals surface area contributed by atoms with Gasteiger partial charge in [-0.25, -0.2) is 4.39 Å². The van der Waals surface area contributed by atoms with Crippen molar-refractivity contribution < 1.29 is 18.7 Å². The number of methoxy groups -OCH3 is 1. The Labute approximate surface area is 238 Å². The number of fused-ring (bicyclic) bond motifs is 1. The summed E-state index contributed by atoms with van der Waals surface area (Å²) in [5.41, 5.74) is 3.47. The van der Waals surface area contributed by atoms with Gasteiger partial charge in [0.05, 0.1) is 35.3 Å². The summed E-state index contributed by atoms with van der Waals surface area (Å²) in [5, 5.41) is 6.14. The minimum absolute atomic E-state index is 0.0432. The zero-order valence-electron chi connectivity index (χ0n) is 23.6. The average molecular weight is 557 g/mol. The third kappa shape index (κ3) is 5.54. The van der Waals surface area contributed by atoms with Crippen LogP contribution in [0.4, 0.5) is 15.8 Å². The topological polar surface area (TPSA) is 103 Å². The van der Waals surface area contributed by atoms with Crippen LogP contribution in [-0.2, 0) is 11.2 Å². The lowest BCUT2D eigenvalue weighted by Crippen LogP contribution is -2.59. The standard InChI is InChI=1S/C31H33FN6O3/c1-31(14-18-38(31)25(39)9-6-17-37(2)3)13-10-20-19-33-15-11-21(20)27-28(26-23(35-27)12-16-34-30(26)40)36-24-8-5-7-22(32)29(24)41-4/h5-9,11,15,19,35-36H,12,14,16-18H2,1-4H3,(H,34,40)/b9-6+/t31-/m1/s1. The molecule has 2 aliphatic heterocycles. The van der Waals surface area contributed by atoms with Crippen LogP contribution in [-0.4, -0.2) is 78.0 Å². The fraction of sp³-hybridized carbons (Fsp3) is 0.323. The average Bonchev–Trinajstić information content (AvgIpc) is 3.30. The normalized spacial score (nSPS) is 17.9. The fourth-order valence-electron chi connectivity index (χ4n) is 5.07. The van der Waals surface area contributed by atoms with Crippen LogP contribution < -0.4 is 15.4 Å². The second-order valence-corrected chi connectivity index (χ2v) is 10.5. The molecule has 4 heterocycles. The number of hydrogen-bond donors (Lipinski definition) is 3. The summed E-state index contributed by atoms with van der Waals surface area (Å²) in [4.78, 5) is 37.3. The Morgan fingerprint density at radius 3 is 2.90 bits per heavy atom. The van der Waals surface area contributed by atoms with Gasteiger partial charge >= 0.3 is 0 Å². The number of pyridine rings is 1. The molecule has 3 N–H and O–H groups in total. The zero-order valence-corrected chi connectivity index (χ0v) is 23.6. The molecule has 0 spiro atoms. The molecule has 1 atom stereocenters. The van der Waals surface area contributed by atoms with E-state index in [-0.39, 0.29) is 17.6 Å². The van der Waals surface area contributed by atoms with Crippen molar-refractivity contribution in [3.63, 3.8) is 0 Å². The highest BCUT2D eigenvalue weighted by atomic mass is 19.1. The van der Waals surface area contributed by atoms with Crippen LogP contribution in [0, 0.1) is 17.7 Å². The van der Waals surface area contributed by atoms with Gasteiger partial charge in [0.2, 0.25) is 5.91 Å². The van der Waals surface area contributed by atoms with E-state index >= 15 is 0 Å². The maximum absolute atomic E-state index is 14.5. The van der Waals surface area contributed by atoms with Crippen LogP contribution in [0.5, 0.6) is 5.75 Å². The number of nitrogens with one attached hydrogen (secondary N) is 3. The molecule has 10 heteroatoms. The van der Waals surface area contributed by atoms with Gasteiger partial charge in [0.25, 0.3) is 5.91 Å². The molecule has 0 radical (unpaired) electrons. The zero-order chi connectivity index (χ0) is 29.1. The van der Waals surface area contributed by atoms with Crippen molar-refractivity contribution in [3.8, 4) is 28.8 Å². The first kappa shape index (κ1) is 27.9. The van der Waals surface area contributed by atoms with Crippen LogP contribution in [0.25, 0.3) is 11.3 Å². The largest absolute Gasteiger partial charge is 0.492 e. The number of carbonyl (C=O) groups is 2. The van der Waals surface area contributed by atoms with Gasteiger partial charge in [-0.3, -0.25) is 14.6 Å². The number of hydrogen-bond acceptors (Lipinski definition) is 6. The van der Waals surface area contributed by atoms with E-state index < -0.39 is 11.4 Å². The van der Waals surface area contributed by atoms with E-state index in [1.165, 1.54) is 13.2 Å². The van der Waals surface area contributed by atoms with Gasteiger partial charge in [0.15, 0.2) is 11.6 Å². The van der Waals surface area contributed by atoms with Crippen LogP contribution in [0.15, 0.2) is 48.8 Å². The number of H-pyrrole nitrogens is 1. The summed E-state index contributed by atoms with van der Waals surface area (Å²) in [7, 11) is 5.29. The SMILES string of the molecule is COc1c(F)cccc1Nc1c(-c2ccncc2C#C[C@]2(C)CCN2C(=O)/C=C/CN(C)C)[nH]c2c1C(=O)NCC2. The second kappa shape index (κ2) is 11.5. The first-order valence-corrected chi connectivity index (χ1v) is 13.4. The van der Waals surface area contributed by atoms with E-state index in [0.717, 1.165) is 17.7 Å². The number of likely N-dealkylation sites (tertiary alicyclic amines) is 1. The Hall–Kier alpha value is -4.62. The van der Waals surface area contributed by atoms with Gasteiger partial charge in [-0.2, -0.15) is 0 Å². The van der Waals surface area contributed by atoms with E-state index in [9.17, 15) is 14.0 Å². The number of rotatable bonds is 7. The smallest absolute Gasteiger partial charge is 0.255 e. The number of aromatic nitrogens is 2. The van der Waals surface area contributed by atoms with E-state index in [4.69, 9.17) is 4.74 Å². The molecule has 41 heavy (non-hydrogen) atoms. The maximum atomic E-state index is 14.5. The number of benzene rings is 1. The second-order valence-electron chi connectivity index (χ2n) is 10.5. The molecule has 2 amide bonds. The highest BCUT2D eigenvalue weighted by Gasteiger charge is 2.41. The lowest BCUT2D eigenvalue weighted by molar-refractivity contribution is -0.136. The lowest BCUT2D eigenvalue weighted by atomic mass is 9.86. The monoisotopic (exact) mass is 556 g/mol. The lowest BCUT2D eigenvalue weighted by Gasteiger charge is -2.46. The summed E-state index contributed by atoms with van der Waals surface area (Å²) >= 11 is 0. The van der Waals surface area contributed by atoms with Gasteiger partial charge < -0.3 is 30.2 Å². The van der Waals surface area contributed by atoms with Gasteiger partial charge in [-0.05, 0) is 45.6 Å². The first-order chi connectivity index (χ1) is 19.7. The van der Waals surface area contributed by atoms with E-state index in [0.29, 0.717) is 54.3 Å². The highest BCUT2D eigenvalue weighted by molar-refractivity contribution is 6.06. The minimum atomic E-state index is -0.614. The van der Waals surface area contributed by atoms with Crippen molar-refractivity contribution in [2.24, 2.45) is 0 Å². The fourth-order valence-corrected chi connectivity index (χ4v) is 5.07. The molecule has 1 saturated heterocycles. The Morgan fingerprint density at radius 2 is 2.17 bits per heavy atom. The number of ether oxygens (including phenoxy) is 1. The molecule has 5 rings (SSSR count). The van der Waals surface area contributed by atoms with Crippen LogP contribution in [0.3, 0.4) is 0 Å². The number of anilines is 2. The number of nitrogens with zero attached hydrogens (tertiary/aromatic N) is 3. The van der Waals surface area contributed by atoms with Crippen molar-refractivity contribution >= 4 is 23.2 Å². The predicted octanol–water partition coefficient (Wildman–Crippen LogP) is 3.71. The molecular weight excluding hydrogens is 523 g/mol. The van der Waals surface area contributed by atoms with Crippen molar-refractivity contribution in [1.29, 1.82) is 0 Å². The molecule has 2 aromatic heterocycles. The molecule has 9 nitrogen and oxygen atoms in total. The molecule has 1 fully saturated rings. The molecule has 0 saturated carbocycles. The molecular formula is C31H33FN6O3. The first-order valence-electron chi connectivity index (χ1n) is 13.4. The van der Waals surface area contributed by atoms with Gasteiger partial charge in [-0.1, -0.05) is 24.0 Å². The van der Waals surface area contributed by atoms with Crippen molar-refractivity contribution in [1.82, 2.24) is 25.1 Å². The number of aromatic amines is 1. The van der Waals surface area contributed by atoms with Crippen molar-refractivity contribution in [3.05, 3.63) is 71.4 Å². The Bertz CT molecular complexity index is 1580. The molecule has 0 unspecified atom stereocenters. The molecule has 1 aromatic carbocycles. The summed E-state index contributed by atoms with van der Waals surface area (Å²) in [5.74, 6) is 5.78. The van der Waals surface area contributed by atoms with Gasteiger partial charge in [0, 0.05) is 55.8 Å². The molecule has 2 aliphatic rings. The summed E-state index contributed by atoms with van der Waals surface area (Å²) in [6.07, 6.45) is 8.13. The van der Waals surface area contributed by atoms with Crippen molar-refractivity contribution in [2.45, 2.75) is 25.3 Å².